The van der Waals surface area contributed by atoms with Gasteiger partial charge in [-0.25, -0.2) is 9.50 Å². The number of carbonyl (C=O) groups is 1. The largest absolute Gasteiger partial charge is 0.334 e. The number of hydrogen-bond acceptors (Lipinski definition) is 4. The second-order valence-electron chi connectivity index (χ2n) is 7.13. The van der Waals surface area contributed by atoms with E-state index in [2.05, 4.69) is 15.1 Å². The van der Waals surface area contributed by atoms with Gasteiger partial charge in [0, 0.05) is 35.8 Å². The van der Waals surface area contributed by atoms with Gasteiger partial charge >= 0.3 is 0 Å². The third-order valence-corrected chi connectivity index (χ3v) is 5.34. The van der Waals surface area contributed by atoms with Crippen molar-refractivity contribution in [2.45, 2.75) is 45.6 Å². The van der Waals surface area contributed by atoms with Gasteiger partial charge in [0.15, 0.2) is 5.65 Å². The van der Waals surface area contributed by atoms with Gasteiger partial charge in [-0.2, -0.15) is 0 Å². The molecule has 7 heteroatoms. The normalized spacial score (nSPS) is 17.4. The highest BCUT2D eigenvalue weighted by molar-refractivity contribution is 5.79. The molecule has 0 saturated carbocycles. The predicted molar refractivity (Wildman–Crippen MR) is 102 cm³/mol. The lowest BCUT2D eigenvalue weighted by molar-refractivity contribution is -0.134. The average Bonchev–Trinajstić information content (AvgIpc) is 3.11. The summed E-state index contributed by atoms with van der Waals surface area (Å²) in [6.07, 6.45) is 4.90. The van der Waals surface area contributed by atoms with Crippen LogP contribution in [0.15, 0.2) is 35.3 Å². The van der Waals surface area contributed by atoms with E-state index in [9.17, 15) is 9.59 Å². The van der Waals surface area contributed by atoms with E-state index < -0.39 is 0 Å². The molecule has 4 heterocycles. The van der Waals surface area contributed by atoms with Gasteiger partial charge in [0.1, 0.15) is 0 Å². The maximum Gasteiger partial charge on any atom is 0.275 e. The molecule has 1 aliphatic heterocycles. The number of hydrogen-bond donors (Lipinski definition) is 1. The zero-order valence-electron chi connectivity index (χ0n) is 15.6. The van der Waals surface area contributed by atoms with Gasteiger partial charge < -0.3 is 4.90 Å². The third-order valence-electron chi connectivity index (χ3n) is 5.34. The number of amides is 1. The molecule has 0 aromatic carbocycles. The number of nitrogens with zero attached hydrogens (tertiary/aromatic N) is 4. The third kappa shape index (κ3) is 3.25. The Morgan fingerprint density at radius 1 is 1.30 bits per heavy atom. The fourth-order valence-electron chi connectivity index (χ4n) is 3.72. The molecule has 3 aromatic heterocycles. The number of aryl methyl sites for hydroxylation is 1. The summed E-state index contributed by atoms with van der Waals surface area (Å²) in [4.78, 5) is 36.1. The smallest absolute Gasteiger partial charge is 0.275 e. The molecule has 0 spiro atoms. The van der Waals surface area contributed by atoms with E-state index >= 15 is 0 Å². The molecule has 140 valence electrons. The zero-order valence-corrected chi connectivity index (χ0v) is 15.6. The molecule has 3 aromatic rings. The van der Waals surface area contributed by atoms with Crippen LogP contribution in [0.5, 0.6) is 0 Å². The molecule has 27 heavy (non-hydrogen) atoms. The lowest BCUT2D eigenvalue weighted by atomic mass is 9.98. The van der Waals surface area contributed by atoms with Crippen molar-refractivity contribution in [2.24, 2.45) is 0 Å². The minimum atomic E-state index is -0.0917. The van der Waals surface area contributed by atoms with Crippen LogP contribution in [-0.4, -0.2) is 36.9 Å². The highest BCUT2D eigenvalue weighted by Gasteiger charge is 2.29. The molecule has 0 unspecified atom stereocenters. The van der Waals surface area contributed by atoms with Crippen LogP contribution in [0.4, 0.5) is 0 Å². The molecule has 4 rings (SSSR count). The van der Waals surface area contributed by atoms with Gasteiger partial charge in [0.25, 0.3) is 5.56 Å². The van der Waals surface area contributed by atoms with Crippen LogP contribution >= 0.6 is 0 Å². The van der Waals surface area contributed by atoms with Crippen LogP contribution in [0.2, 0.25) is 0 Å². The maximum absolute atomic E-state index is 12.9. The fraction of sp³-hybridized carbons (Fsp3) is 0.400. The number of aromatic nitrogens is 4. The van der Waals surface area contributed by atoms with Crippen molar-refractivity contribution < 1.29 is 4.79 Å². The number of rotatable bonds is 3. The van der Waals surface area contributed by atoms with E-state index in [4.69, 9.17) is 0 Å². The SMILES string of the molecule is Cc1nc2cc([C@H]3CCCCN3C(=O)Cc3ccccn3)[nH]n2c(=O)c1C. The fourth-order valence-corrected chi connectivity index (χ4v) is 3.72. The number of H-pyrrole nitrogens is 1. The van der Waals surface area contributed by atoms with Crippen LogP contribution in [-0.2, 0) is 11.2 Å². The quantitative estimate of drug-likeness (QED) is 0.772. The lowest BCUT2D eigenvalue weighted by Crippen LogP contribution is -2.39. The molecular formula is C20H23N5O2. The van der Waals surface area contributed by atoms with Crippen molar-refractivity contribution in [3.8, 4) is 0 Å². The lowest BCUT2D eigenvalue weighted by Gasteiger charge is -2.35. The molecule has 1 saturated heterocycles. The molecule has 0 bridgehead atoms. The Morgan fingerprint density at radius 2 is 2.15 bits per heavy atom. The van der Waals surface area contributed by atoms with Crippen LogP contribution in [0.1, 0.15) is 47.9 Å². The maximum atomic E-state index is 12.9. The van der Waals surface area contributed by atoms with Crippen LogP contribution < -0.4 is 5.56 Å². The number of carbonyl (C=O) groups excluding carboxylic acids is 1. The molecule has 1 amide bonds. The molecule has 1 fully saturated rings. The summed E-state index contributed by atoms with van der Waals surface area (Å²) in [7, 11) is 0. The Balaban J connectivity index is 1.66. The summed E-state index contributed by atoms with van der Waals surface area (Å²) in [5.74, 6) is 0.0599. The van der Waals surface area contributed by atoms with E-state index in [1.54, 1.807) is 13.1 Å². The van der Waals surface area contributed by atoms with Gasteiger partial charge in [-0.05, 0) is 45.2 Å². The second-order valence-corrected chi connectivity index (χ2v) is 7.13. The summed E-state index contributed by atoms with van der Waals surface area (Å²) < 4.78 is 1.48. The first-order valence-corrected chi connectivity index (χ1v) is 9.33. The molecule has 1 aliphatic rings. The molecule has 0 radical (unpaired) electrons. The number of nitrogens with one attached hydrogen (secondary N) is 1. The van der Waals surface area contributed by atoms with Crippen molar-refractivity contribution in [3.63, 3.8) is 0 Å². The minimum absolute atomic E-state index is 0.0599. The predicted octanol–water partition coefficient (Wildman–Crippen LogP) is 2.33. The van der Waals surface area contributed by atoms with Gasteiger partial charge in [-0.15, -0.1) is 0 Å². The summed E-state index contributed by atoms with van der Waals surface area (Å²) >= 11 is 0. The molecule has 1 N–H and O–H groups in total. The highest BCUT2D eigenvalue weighted by Crippen LogP contribution is 2.31. The molecule has 7 nitrogen and oxygen atoms in total. The summed E-state index contributed by atoms with van der Waals surface area (Å²) in [5, 5.41) is 3.18. The van der Waals surface area contributed by atoms with E-state index in [1.807, 2.05) is 36.1 Å². The Bertz CT molecular complexity index is 1040. The van der Waals surface area contributed by atoms with Crippen molar-refractivity contribution >= 4 is 11.6 Å². The van der Waals surface area contributed by atoms with Gasteiger partial charge in [0.2, 0.25) is 5.91 Å². The highest BCUT2D eigenvalue weighted by atomic mass is 16.2. The first kappa shape index (κ1) is 17.5. The van der Waals surface area contributed by atoms with Crippen molar-refractivity contribution in [1.82, 2.24) is 24.5 Å². The number of fused-ring (bicyclic) bond motifs is 1. The van der Waals surface area contributed by atoms with Crippen LogP contribution in [0.3, 0.4) is 0 Å². The Labute approximate surface area is 157 Å². The van der Waals surface area contributed by atoms with Crippen molar-refractivity contribution in [3.05, 3.63) is 63.5 Å². The van der Waals surface area contributed by atoms with Crippen molar-refractivity contribution in [2.75, 3.05) is 6.54 Å². The number of pyridine rings is 1. The Kier molecular flexibility index (Phi) is 4.51. The minimum Gasteiger partial charge on any atom is -0.334 e. The number of likely N-dealkylation sites (tertiary alicyclic amines) is 1. The van der Waals surface area contributed by atoms with Gasteiger partial charge in [0.05, 0.1) is 18.2 Å². The first-order chi connectivity index (χ1) is 13.0. The van der Waals surface area contributed by atoms with Gasteiger partial charge in [-0.1, -0.05) is 6.07 Å². The van der Waals surface area contributed by atoms with E-state index in [1.165, 1.54) is 4.52 Å². The van der Waals surface area contributed by atoms with Gasteiger partial charge in [-0.3, -0.25) is 19.7 Å². The average molecular weight is 365 g/mol. The van der Waals surface area contributed by atoms with E-state index in [-0.39, 0.29) is 23.9 Å². The van der Waals surface area contributed by atoms with E-state index in [0.717, 1.165) is 36.3 Å². The Morgan fingerprint density at radius 3 is 2.93 bits per heavy atom. The summed E-state index contributed by atoms with van der Waals surface area (Å²) in [6.45, 7) is 4.33. The zero-order chi connectivity index (χ0) is 19.0. The molecule has 1 atom stereocenters. The number of piperidine rings is 1. The second kappa shape index (κ2) is 6.98. The first-order valence-electron chi connectivity index (χ1n) is 9.33. The van der Waals surface area contributed by atoms with E-state index in [0.29, 0.717) is 17.8 Å². The van der Waals surface area contributed by atoms with Crippen molar-refractivity contribution in [1.29, 1.82) is 0 Å². The summed E-state index contributed by atoms with van der Waals surface area (Å²) in [6, 6.07) is 7.43. The standard InChI is InChI=1S/C20H23N5O2/c1-13-14(2)22-18-12-16(23-25(18)20(13)27)17-8-4-6-10-24(17)19(26)11-15-7-3-5-9-21-15/h3,5,7,9,12,17,23H,4,6,8,10-11H2,1-2H3/t17-/m1/s1. The molecular weight excluding hydrogens is 342 g/mol. The monoisotopic (exact) mass is 365 g/mol. The molecule has 0 aliphatic carbocycles. The topological polar surface area (TPSA) is 83.4 Å². The summed E-state index contributed by atoms with van der Waals surface area (Å²) in [5.41, 5.74) is 3.50. The number of aromatic amines is 1. The Hall–Kier alpha value is -2.96. The van der Waals surface area contributed by atoms with Crippen LogP contribution in [0.25, 0.3) is 5.65 Å². The van der Waals surface area contributed by atoms with Crippen LogP contribution in [0, 0.1) is 13.8 Å².